The number of likely N-dealkylation sites (N-methyl/N-ethyl adjacent to an activating group) is 1. The molecule has 2 rings (SSSR count). The molecule has 1 aromatic carbocycles. The molecule has 1 saturated heterocycles. The van der Waals surface area contributed by atoms with Gasteiger partial charge in [-0.15, -0.1) is 0 Å². The van der Waals surface area contributed by atoms with E-state index in [0.717, 1.165) is 31.7 Å². The van der Waals surface area contributed by atoms with Crippen LogP contribution in [0.3, 0.4) is 0 Å². The lowest BCUT2D eigenvalue weighted by Gasteiger charge is -2.40. The van der Waals surface area contributed by atoms with Crippen LogP contribution in [0, 0.1) is 0 Å². The van der Waals surface area contributed by atoms with Crippen LogP contribution in [-0.2, 0) is 0 Å². The maximum Gasteiger partial charge on any atom is 0.337 e. The van der Waals surface area contributed by atoms with Gasteiger partial charge in [-0.1, -0.05) is 6.92 Å². The minimum Gasteiger partial charge on any atom is -0.478 e. The topological polar surface area (TPSA) is 69.8 Å². The van der Waals surface area contributed by atoms with E-state index in [9.17, 15) is 9.90 Å². The highest BCUT2D eigenvalue weighted by Crippen LogP contribution is 2.26. The van der Waals surface area contributed by atoms with Crippen molar-refractivity contribution < 1.29 is 9.90 Å². The van der Waals surface area contributed by atoms with Gasteiger partial charge < -0.3 is 15.7 Å². The third kappa shape index (κ3) is 2.81. The highest BCUT2D eigenvalue weighted by Gasteiger charge is 2.25. The second kappa shape index (κ2) is 5.48. The number of carbonyl (C=O) groups is 1. The molecule has 1 aliphatic heterocycles. The smallest absolute Gasteiger partial charge is 0.337 e. The fourth-order valence-electron chi connectivity index (χ4n) is 2.60. The van der Waals surface area contributed by atoms with E-state index in [1.807, 2.05) is 0 Å². The first-order chi connectivity index (χ1) is 9.02. The molecule has 1 aromatic rings. The summed E-state index contributed by atoms with van der Waals surface area (Å²) in [5, 5.41) is 9.28. The molecule has 1 fully saturated rings. The highest BCUT2D eigenvalue weighted by molar-refractivity contribution is 5.95. The SMILES string of the molecule is CCC1CN(c2cc(N)ccc2C(=O)O)CCN1C. The van der Waals surface area contributed by atoms with Gasteiger partial charge in [0.1, 0.15) is 0 Å². The largest absolute Gasteiger partial charge is 0.478 e. The number of anilines is 2. The Balaban J connectivity index is 2.31. The average Bonchev–Trinajstić information content (AvgIpc) is 2.38. The van der Waals surface area contributed by atoms with Crippen molar-refractivity contribution >= 4 is 17.3 Å². The Hall–Kier alpha value is -1.75. The average molecular weight is 263 g/mol. The predicted molar refractivity (Wildman–Crippen MR) is 76.7 cm³/mol. The van der Waals surface area contributed by atoms with Crippen molar-refractivity contribution in [3.05, 3.63) is 23.8 Å². The Bertz CT molecular complexity index is 476. The number of nitrogens with two attached hydrogens (primary N) is 1. The standard InChI is InChI=1S/C14H21N3O2/c1-3-11-9-17(7-6-16(11)2)13-8-10(15)4-5-12(13)14(18)19/h4-5,8,11H,3,6-7,9,15H2,1-2H3,(H,18,19). The number of aromatic carboxylic acids is 1. The quantitative estimate of drug-likeness (QED) is 0.809. The van der Waals surface area contributed by atoms with Crippen molar-refractivity contribution in [2.24, 2.45) is 0 Å². The van der Waals surface area contributed by atoms with Crippen molar-refractivity contribution in [3.63, 3.8) is 0 Å². The second-order valence-electron chi connectivity index (χ2n) is 5.07. The number of piperazine rings is 1. The van der Waals surface area contributed by atoms with Crippen LogP contribution in [0.1, 0.15) is 23.7 Å². The lowest BCUT2D eigenvalue weighted by Crippen LogP contribution is -2.51. The minimum absolute atomic E-state index is 0.327. The van der Waals surface area contributed by atoms with E-state index in [-0.39, 0.29) is 0 Å². The fourth-order valence-corrected chi connectivity index (χ4v) is 2.60. The molecular formula is C14H21N3O2. The van der Waals surface area contributed by atoms with Crippen molar-refractivity contribution in [2.75, 3.05) is 37.3 Å². The number of carboxylic acids is 1. The summed E-state index contributed by atoms with van der Waals surface area (Å²) < 4.78 is 0. The summed E-state index contributed by atoms with van der Waals surface area (Å²) in [7, 11) is 2.11. The van der Waals surface area contributed by atoms with Crippen molar-refractivity contribution in [2.45, 2.75) is 19.4 Å². The molecule has 5 nitrogen and oxygen atoms in total. The molecule has 19 heavy (non-hydrogen) atoms. The Labute approximate surface area is 113 Å². The second-order valence-corrected chi connectivity index (χ2v) is 5.07. The Morgan fingerprint density at radius 3 is 2.84 bits per heavy atom. The van der Waals surface area contributed by atoms with Gasteiger partial charge in [-0.2, -0.15) is 0 Å². The predicted octanol–water partition coefficient (Wildman–Crippen LogP) is 1.50. The van der Waals surface area contributed by atoms with Gasteiger partial charge >= 0.3 is 5.97 Å². The third-order valence-corrected chi connectivity index (χ3v) is 3.84. The third-order valence-electron chi connectivity index (χ3n) is 3.84. The van der Waals surface area contributed by atoms with Crippen LogP contribution in [-0.4, -0.2) is 48.7 Å². The van der Waals surface area contributed by atoms with Gasteiger partial charge in [-0.25, -0.2) is 4.79 Å². The summed E-state index contributed by atoms with van der Waals surface area (Å²) in [6, 6.07) is 5.45. The molecule has 1 aliphatic rings. The van der Waals surface area contributed by atoms with Crippen molar-refractivity contribution in [1.82, 2.24) is 4.90 Å². The zero-order valence-corrected chi connectivity index (χ0v) is 11.5. The molecule has 3 N–H and O–H groups in total. The zero-order chi connectivity index (χ0) is 14.0. The summed E-state index contributed by atoms with van der Waals surface area (Å²) in [6.45, 7) is 4.77. The van der Waals surface area contributed by atoms with Crippen molar-refractivity contribution in [1.29, 1.82) is 0 Å². The Kier molecular flexibility index (Phi) is 3.95. The number of benzene rings is 1. The van der Waals surface area contributed by atoms with Gasteiger partial charge in [0.15, 0.2) is 0 Å². The number of carboxylic acid groups (broad SMARTS) is 1. The molecule has 5 heteroatoms. The first-order valence-corrected chi connectivity index (χ1v) is 6.61. The molecule has 104 valence electrons. The molecule has 0 aromatic heterocycles. The van der Waals surface area contributed by atoms with Gasteiger partial charge in [0.25, 0.3) is 0 Å². The van der Waals surface area contributed by atoms with E-state index in [4.69, 9.17) is 5.73 Å². The van der Waals surface area contributed by atoms with Crippen LogP contribution in [0.5, 0.6) is 0 Å². The van der Waals surface area contributed by atoms with Gasteiger partial charge in [-0.05, 0) is 31.7 Å². The molecule has 1 unspecified atom stereocenters. The maximum absolute atomic E-state index is 11.3. The number of nitrogens with zero attached hydrogens (tertiary/aromatic N) is 2. The molecule has 0 amide bonds. The van der Waals surface area contributed by atoms with E-state index < -0.39 is 5.97 Å². The van der Waals surface area contributed by atoms with E-state index in [1.165, 1.54) is 0 Å². The number of rotatable bonds is 3. The van der Waals surface area contributed by atoms with Crippen molar-refractivity contribution in [3.8, 4) is 0 Å². The lowest BCUT2D eigenvalue weighted by molar-refractivity contribution is 0.0697. The summed E-state index contributed by atoms with van der Waals surface area (Å²) in [4.78, 5) is 15.8. The maximum atomic E-state index is 11.3. The van der Waals surface area contributed by atoms with E-state index in [2.05, 4.69) is 23.8 Å². The van der Waals surface area contributed by atoms with Crippen LogP contribution in [0.25, 0.3) is 0 Å². The van der Waals surface area contributed by atoms with E-state index in [1.54, 1.807) is 18.2 Å². The lowest BCUT2D eigenvalue weighted by atomic mass is 10.1. The minimum atomic E-state index is -0.901. The van der Waals surface area contributed by atoms with Crippen LogP contribution < -0.4 is 10.6 Å². The number of hydrogen-bond acceptors (Lipinski definition) is 4. The van der Waals surface area contributed by atoms with Gasteiger partial charge in [0.2, 0.25) is 0 Å². The fraction of sp³-hybridized carbons (Fsp3) is 0.500. The van der Waals surface area contributed by atoms with Crippen LogP contribution in [0.2, 0.25) is 0 Å². The molecular weight excluding hydrogens is 242 g/mol. The number of nitrogen functional groups attached to an aromatic ring is 1. The molecule has 0 spiro atoms. The first kappa shape index (κ1) is 13.7. The molecule has 1 atom stereocenters. The summed E-state index contributed by atoms with van der Waals surface area (Å²) in [5.41, 5.74) is 7.47. The molecule has 0 aliphatic carbocycles. The number of hydrogen-bond donors (Lipinski definition) is 2. The van der Waals surface area contributed by atoms with Crippen LogP contribution in [0.4, 0.5) is 11.4 Å². The van der Waals surface area contributed by atoms with Gasteiger partial charge in [0.05, 0.1) is 11.3 Å². The highest BCUT2D eigenvalue weighted by atomic mass is 16.4. The van der Waals surface area contributed by atoms with E-state index >= 15 is 0 Å². The monoisotopic (exact) mass is 263 g/mol. The molecule has 0 saturated carbocycles. The molecule has 0 bridgehead atoms. The summed E-state index contributed by atoms with van der Waals surface area (Å²) in [6.07, 6.45) is 1.05. The normalized spacial score (nSPS) is 20.5. The van der Waals surface area contributed by atoms with Crippen LogP contribution in [0.15, 0.2) is 18.2 Å². The molecule has 0 radical (unpaired) electrons. The Morgan fingerprint density at radius 1 is 1.47 bits per heavy atom. The van der Waals surface area contributed by atoms with Crippen LogP contribution >= 0.6 is 0 Å². The van der Waals surface area contributed by atoms with E-state index in [0.29, 0.717) is 17.3 Å². The zero-order valence-electron chi connectivity index (χ0n) is 11.5. The molecule has 1 heterocycles. The first-order valence-electron chi connectivity index (χ1n) is 6.61. The summed E-state index contributed by atoms with van der Waals surface area (Å²) >= 11 is 0. The van der Waals surface area contributed by atoms with Gasteiger partial charge in [-0.3, -0.25) is 4.90 Å². The van der Waals surface area contributed by atoms with Gasteiger partial charge in [0, 0.05) is 31.4 Å². The summed E-state index contributed by atoms with van der Waals surface area (Å²) in [5.74, 6) is -0.901. The Morgan fingerprint density at radius 2 is 2.21 bits per heavy atom.